The van der Waals surface area contributed by atoms with E-state index in [1.54, 1.807) is 12.1 Å². The summed E-state index contributed by atoms with van der Waals surface area (Å²) >= 11 is 12.2. The van der Waals surface area contributed by atoms with E-state index in [2.05, 4.69) is 27.3 Å². The van der Waals surface area contributed by atoms with Crippen LogP contribution >= 0.6 is 23.2 Å². The number of carbonyl (C=O) groups excluding carboxylic acids is 1. The standard InChI is InChI=1S/C23H23Cl2N5O/c1-2-16-5-3-4-6-20(16)26-23(31)30-13-11-29(12-14-30)22-10-9-21(27-28-22)18-8-7-17(24)15-19(18)25/h3-10,15H,2,11-14H2,1H3,(H,26,31). The number of halogens is 2. The molecule has 0 saturated carbocycles. The van der Waals surface area contributed by atoms with E-state index in [-0.39, 0.29) is 6.03 Å². The van der Waals surface area contributed by atoms with E-state index in [1.165, 1.54) is 0 Å². The van der Waals surface area contributed by atoms with Gasteiger partial charge in [0.05, 0.1) is 10.7 Å². The van der Waals surface area contributed by atoms with Crippen LogP contribution in [0.25, 0.3) is 11.3 Å². The molecule has 4 rings (SSSR count). The van der Waals surface area contributed by atoms with Crippen molar-refractivity contribution < 1.29 is 4.79 Å². The number of piperazine rings is 1. The first-order valence-electron chi connectivity index (χ1n) is 10.2. The zero-order valence-corrected chi connectivity index (χ0v) is 18.7. The highest BCUT2D eigenvalue weighted by Crippen LogP contribution is 2.29. The summed E-state index contributed by atoms with van der Waals surface area (Å²) in [6, 6.07) is 17.0. The van der Waals surface area contributed by atoms with E-state index in [0.717, 1.165) is 29.1 Å². The molecule has 0 spiro atoms. The topological polar surface area (TPSA) is 61.4 Å². The van der Waals surface area contributed by atoms with Crippen molar-refractivity contribution in [2.24, 2.45) is 0 Å². The lowest BCUT2D eigenvalue weighted by molar-refractivity contribution is 0.208. The molecule has 1 fully saturated rings. The predicted octanol–water partition coefficient (Wildman–Crippen LogP) is 5.37. The lowest BCUT2D eigenvalue weighted by atomic mass is 10.1. The predicted molar refractivity (Wildman–Crippen MR) is 126 cm³/mol. The number of aryl methyl sites for hydroxylation is 1. The highest BCUT2D eigenvalue weighted by Gasteiger charge is 2.22. The fourth-order valence-electron chi connectivity index (χ4n) is 3.62. The number of hydrogen-bond acceptors (Lipinski definition) is 4. The molecule has 0 bridgehead atoms. The number of benzene rings is 2. The van der Waals surface area contributed by atoms with Crippen LogP contribution < -0.4 is 10.2 Å². The summed E-state index contributed by atoms with van der Waals surface area (Å²) in [5.41, 5.74) is 3.49. The minimum atomic E-state index is -0.0700. The molecule has 2 amide bonds. The number of para-hydroxylation sites is 1. The van der Waals surface area contributed by atoms with Crippen molar-refractivity contribution >= 4 is 40.7 Å². The molecule has 0 radical (unpaired) electrons. The number of amides is 2. The van der Waals surface area contributed by atoms with Crippen LogP contribution in [0.3, 0.4) is 0 Å². The lowest BCUT2D eigenvalue weighted by Gasteiger charge is -2.35. The van der Waals surface area contributed by atoms with Crippen molar-refractivity contribution in [3.63, 3.8) is 0 Å². The maximum absolute atomic E-state index is 12.7. The maximum atomic E-state index is 12.7. The molecule has 0 atom stereocenters. The van der Waals surface area contributed by atoms with Crippen LogP contribution in [0, 0.1) is 0 Å². The van der Waals surface area contributed by atoms with Crippen LogP contribution in [-0.2, 0) is 6.42 Å². The Labute approximate surface area is 191 Å². The number of nitrogens with one attached hydrogen (secondary N) is 1. The zero-order valence-electron chi connectivity index (χ0n) is 17.2. The molecule has 0 unspecified atom stereocenters. The first-order valence-corrected chi connectivity index (χ1v) is 11.0. The summed E-state index contributed by atoms with van der Waals surface area (Å²) in [6.45, 7) is 4.70. The summed E-state index contributed by atoms with van der Waals surface area (Å²) in [6.07, 6.45) is 0.875. The number of hydrogen-bond donors (Lipinski definition) is 1. The number of urea groups is 1. The Morgan fingerprint density at radius 1 is 1.00 bits per heavy atom. The van der Waals surface area contributed by atoms with Crippen LogP contribution in [0.5, 0.6) is 0 Å². The molecule has 0 aliphatic carbocycles. The van der Waals surface area contributed by atoms with Gasteiger partial charge in [-0.2, -0.15) is 0 Å². The summed E-state index contributed by atoms with van der Waals surface area (Å²) < 4.78 is 0. The lowest BCUT2D eigenvalue weighted by Crippen LogP contribution is -2.50. The molecule has 1 N–H and O–H groups in total. The van der Waals surface area contributed by atoms with Crippen LogP contribution in [0.1, 0.15) is 12.5 Å². The molecule has 1 aliphatic rings. The maximum Gasteiger partial charge on any atom is 0.321 e. The molecular formula is C23H23Cl2N5O. The first kappa shape index (κ1) is 21.4. The zero-order chi connectivity index (χ0) is 21.8. The third-order valence-electron chi connectivity index (χ3n) is 5.39. The van der Waals surface area contributed by atoms with E-state index in [9.17, 15) is 4.79 Å². The second kappa shape index (κ2) is 9.54. The number of rotatable bonds is 4. The Balaban J connectivity index is 1.37. The van der Waals surface area contributed by atoms with Crippen molar-refractivity contribution in [3.8, 4) is 11.3 Å². The second-order valence-corrected chi connectivity index (χ2v) is 8.16. The van der Waals surface area contributed by atoms with Gasteiger partial charge in [0.2, 0.25) is 0 Å². The van der Waals surface area contributed by atoms with Gasteiger partial charge in [0.1, 0.15) is 0 Å². The van der Waals surface area contributed by atoms with E-state index in [1.807, 2.05) is 47.4 Å². The number of nitrogens with zero attached hydrogens (tertiary/aromatic N) is 4. The highest BCUT2D eigenvalue weighted by molar-refractivity contribution is 6.36. The summed E-state index contributed by atoms with van der Waals surface area (Å²) in [5.74, 6) is 0.783. The molecule has 1 saturated heterocycles. The van der Waals surface area contributed by atoms with Crippen LogP contribution in [0.15, 0.2) is 54.6 Å². The Bertz CT molecular complexity index is 1070. The van der Waals surface area contributed by atoms with Gasteiger partial charge in [-0.3, -0.25) is 0 Å². The van der Waals surface area contributed by atoms with Gasteiger partial charge in [0, 0.05) is 42.5 Å². The third kappa shape index (κ3) is 4.92. The van der Waals surface area contributed by atoms with Crippen molar-refractivity contribution in [2.75, 3.05) is 36.4 Å². The van der Waals surface area contributed by atoms with E-state index in [0.29, 0.717) is 41.9 Å². The molecule has 31 heavy (non-hydrogen) atoms. The van der Waals surface area contributed by atoms with Gasteiger partial charge in [-0.25, -0.2) is 4.79 Å². The van der Waals surface area contributed by atoms with Crippen LogP contribution in [-0.4, -0.2) is 47.3 Å². The fraction of sp³-hybridized carbons (Fsp3) is 0.261. The van der Waals surface area contributed by atoms with E-state index < -0.39 is 0 Å². The SMILES string of the molecule is CCc1ccccc1NC(=O)N1CCN(c2ccc(-c3ccc(Cl)cc3Cl)nn2)CC1. The molecule has 2 heterocycles. The Morgan fingerprint density at radius 3 is 2.45 bits per heavy atom. The Morgan fingerprint density at radius 2 is 1.77 bits per heavy atom. The fourth-order valence-corrected chi connectivity index (χ4v) is 4.12. The quantitative estimate of drug-likeness (QED) is 0.574. The smallest absolute Gasteiger partial charge is 0.321 e. The second-order valence-electron chi connectivity index (χ2n) is 7.32. The van der Waals surface area contributed by atoms with Gasteiger partial charge in [-0.05, 0) is 48.4 Å². The molecule has 3 aromatic rings. The molecule has 8 heteroatoms. The molecule has 1 aliphatic heterocycles. The van der Waals surface area contributed by atoms with Gasteiger partial charge in [-0.1, -0.05) is 48.3 Å². The van der Waals surface area contributed by atoms with Gasteiger partial charge in [-0.15, -0.1) is 10.2 Å². The van der Waals surface area contributed by atoms with Crippen molar-refractivity contribution in [3.05, 3.63) is 70.2 Å². The molecule has 1 aromatic heterocycles. The monoisotopic (exact) mass is 455 g/mol. The Hall–Kier alpha value is -2.83. The number of aromatic nitrogens is 2. The third-order valence-corrected chi connectivity index (χ3v) is 5.94. The van der Waals surface area contributed by atoms with Crippen LogP contribution in [0.4, 0.5) is 16.3 Å². The molecule has 160 valence electrons. The van der Waals surface area contributed by atoms with Gasteiger partial charge >= 0.3 is 6.03 Å². The van der Waals surface area contributed by atoms with Crippen LogP contribution in [0.2, 0.25) is 10.0 Å². The van der Waals surface area contributed by atoms with Crippen molar-refractivity contribution in [2.45, 2.75) is 13.3 Å². The average molecular weight is 456 g/mol. The van der Waals surface area contributed by atoms with Gasteiger partial charge < -0.3 is 15.1 Å². The average Bonchev–Trinajstić information content (AvgIpc) is 2.80. The van der Waals surface area contributed by atoms with E-state index in [4.69, 9.17) is 23.2 Å². The number of carbonyl (C=O) groups is 1. The molecule has 2 aromatic carbocycles. The highest BCUT2D eigenvalue weighted by atomic mass is 35.5. The van der Waals surface area contributed by atoms with Crippen molar-refractivity contribution in [1.82, 2.24) is 15.1 Å². The van der Waals surface area contributed by atoms with Crippen molar-refractivity contribution in [1.29, 1.82) is 0 Å². The first-order chi connectivity index (χ1) is 15.0. The summed E-state index contributed by atoms with van der Waals surface area (Å²) in [5, 5.41) is 12.9. The van der Waals surface area contributed by atoms with Gasteiger partial charge in [0.15, 0.2) is 5.82 Å². The summed E-state index contributed by atoms with van der Waals surface area (Å²) in [4.78, 5) is 16.6. The molecule has 6 nitrogen and oxygen atoms in total. The minimum Gasteiger partial charge on any atom is -0.352 e. The van der Waals surface area contributed by atoms with Gasteiger partial charge in [0.25, 0.3) is 0 Å². The Kier molecular flexibility index (Phi) is 6.59. The van der Waals surface area contributed by atoms with E-state index >= 15 is 0 Å². The molecular weight excluding hydrogens is 433 g/mol. The number of anilines is 2. The minimum absolute atomic E-state index is 0.0700. The summed E-state index contributed by atoms with van der Waals surface area (Å²) in [7, 11) is 0. The normalized spacial score (nSPS) is 13.9. The largest absolute Gasteiger partial charge is 0.352 e.